The Hall–Kier alpha value is -1.46. The van der Waals surface area contributed by atoms with E-state index in [0.717, 1.165) is 13.2 Å². The first-order valence-corrected chi connectivity index (χ1v) is 4.67. The predicted octanol–water partition coefficient (Wildman–Crippen LogP) is 0.701. The van der Waals surface area contributed by atoms with Gasteiger partial charge >= 0.3 is 5.97 Å². The molecule has 4 nitrogen and oxygen atoms in total. The quantitative estimate of drug-likeness (QED) is 0.747. The minimum absolute atomic E-state index is 0.291. The molecule has 0 bridgehead atoms. The number of aliphatic hydroxyl groups is 2. The number of halogens is 1. The number of hydrogen-bond donors (Lipinski definition) is 2. The fourth-order valence-electron chi connectivity index (χ4n) is 1.39. The summed E-state index contributed by atoms with van der Waals surface area (Å²) in [4.78, 5) is 11.0. The van der Waals surface area contributed by atoms with Gasteiger partial charge in [-0.05, 0) is 30.2 Å². The van der Waals surface area contributed by atoms with E-state index in [0.29, 0.717) is 11.1 Å². The molecule has 2 unspecified atom stereocenters. The predicted molar refractivity (Wildman–Crippen MR) is 54.1 cm³/mol. The van der Waals surface area contributed by atoms with Gasteiger partial charge < -0.3 is 14.9 Å². The average molecular weight is 228 g/mol. The lowest BCUT2D eigenvalue weighted by molar-refractivity contribution is -0.156. The highest BCUT2D eigenvalue weighted by Crippen LogP contribution is 2.22. The minimum atomic E-state index is -1.67. The fraction of sp³-hybridized carbons (Fsp3) is 0.364. The molecule has 0 aliphatic rings. The molecule has 0 radical (unpaired) electrons. The molecule has 0 fully saturated rings. The molecule has 0 aliphatic carbocycles. The summed E-state index contributed by atoms with van der Waals surface area (Å²) >= 11 is 0. The molecular weight excluding hydrogens is 215 g/mol. The summed E-state index contributed by atoms with van der Waals surface area (Å²) in [5, 5.41) is 19.1. The number of esters is 1. The van der Waals surface area contributed by atoms with Crippen LogP contribution in [-0.4, -0.2) is 29.4 Å². The van der Waals surface area contributed by atoms with Crippen molar-refractivity contribution in [3.8, 4) is 0 Å². The molecule has 0 spiro atoms. The summed E-state index contributed by atoms with van der Waals surface area (Å²) in [6.45, 7) is 1.58. The van der Waals surface area contributed by atoms with Crippen molar-refractivity contribution in [3.63, 3.8) is 0 Å². The van der Waals surface area contributed by atoms with Crippen LogP contribution in [0.15, 0.2) is 18.2 Å². The zero-order valence-corrected chi connectivity index (χ0v) is 8.98. The number of methoxy groups -OCH3 is 1. The number of rotatable bonds is 3. The van der Waals surface area contributed by atoms with Crippen molar-refractivity contribution in [2.45, 2.75) is 19.1 Å². The molecule has 1 rings (SSSR count). The van der Waals surface area contributed by atoms with Gasteiger partial charge in [0.05, 0.1) is 7.11 Å². The maximum Gasteiger partial charge on any atom is 0.337 e. The molecule has 1 aromatic carbocycles. The lowest BCUT2D eigenvalue weighted by Crippen LogP contribution is -2.29. The van der Waals surface area contributed by atoms with Crippen molar-refractivity contribution >= 4 is 5.97 Å². The van der Waals surface area contributed by atoms with Crippen LogP contribution in [0.1, 0.15) is 17.2 Å². The molecule has 2 N–H and O–H groups in total. The van der Waals surface area contributed by atoms with E-state index in [2.05, 4.69) is 4.74 Å². The van der Waals surface area contributed by atoms with Crippen molar-refractivity contribution in [2.75, 3.05) is 7.11 Å². The molecule has 1 aromatic rings. The Balaban J connectivity index is 2.96. The van der Waals surface area contributed by atoms with Crippen LogP contribution in [-0.2, 0) is 9.53 Å². The Morgan fingerprint density at radius 1 is 1.44 bits per heavy atom. The van der Waals surface area contributed by atoms with Crippen molar-refractivity contribution < 1.29 is 24.1 Å². The van der Waals surface area contributed by atoms with E-state index in [1.807, 2.05) is 0 Å². The maximum absolute atomic E-state index is 12.8. The van der Waals surface area contributed by atoms with Gasteiger partial charge in [-0.2, -0.15) is 0 Å². The third-order valence-corrected chi connectivity index (χ3v) is 2.29. The number of carbonyl (C=O) groups is 1. The molecule has 16 heavy (non-hydrogen) atoms. The summed E-state index contributed by atoms with van der Waals surface area (Å²) in [5.74, 6) is -1.38. The van der Waals surface area contributed by atoms with Crippen LogP contribution in [0.5, 0.6) is 0 Å². The van der Waals surface area contributed by atoms with Crippen LogP contribution in [0.25, 0.3) is 0 Å². The minimum Gasteiger partial charge on any atom is -0.467 e. The Labute approximate surface area is 92.3 Å². The van der Waals surface area contributed by atoms with Crippen molar-refractivity contribution in [3.05, 3.63) is 35.1 Å². The Morgan fingerprint density at radius 3 is 2.56 bits per heavy atom. The number of benzene rings is 1. The molecule has 88 valence electrons. The first-order chi connectivity index (χ1) is 7.47. The van der Waals surface area contributed by atoms with Crippen LogP contribution in [0.3, 0.4) is 0 Å². The van der Waals surface area contributed by atoms with E-state index in [4.69, 9.17) is 0 Å². The Kier molecular flexibility index (Phi) is 3.98. The number of carbonyl (C=O) groups excluding carboxylic acids is 1. The number of aryl methyl sites for hydroxylation is 1. The maximum atomic E-state index is 12.8. The van der Waals surface area contributed by atoms with Gasteiger partial charge in [0, 0.05) is 0 Å². The zero-order valence-electron chi connectivity index (χ0n) is 8.98. The van der Waals surface area contributed by atoms with Gasteiger partial charge in [0.25, 0.3) is 0 Å². The molecule has 0 saturated heterocycles. The third kappa shape index (κ3) is 2.56. The van der Waals surface area contributed by atoms with Crippen LogP contribution in [0.4, 0.5) is 4.39 Å². The second kappa shape index (κ2) is 5.05. The second-order valence-corrected chi connectivity index (χ2v) is 3.41. The standard InChI is InChI=1S/C11H13FO4/c1-6-5-7(12)3-4-8(6)9(13)10(14)11(15)16-2/h3-5,9-10,13-14H,1-2H3. The van der Waals surface area contributed by atoms with E-state index in [1.165, 1.54) is 12.1 Å². The molecule has 0 aromatic heterocycles. The topological polar surface area (TPSA) is 66.8 Å². The van der Waals surface area contributed by atoms with Crippen molar-refractivity contribution in [1.29, 1.82) is 0 Å². The summed E-state index contributed by atoms with van der Waals surface area (Å²) in [6.07, 6.45) is -3.10. The number of hydrogen-bond acceptors (Lipinski definition) is 4. The normalized spacial score (nSPS) is 14.3. The molecule has 0 amide bonds. The molecule has 0 aliphatic heterocycles. The van der Waals surface area contributed by atoms with E-state index < -0.39 is 24.0 Å². The van der Waals surface area contributed by atoms with Gasteiger partial charge in [-0.15, -0.1) is 0 Å². The fourth-order valence-corrected chi connectivity index (χ4v) is 1.39. The van der Waals surface area contributed by atoms with Gasteiger partial charge in [0.2, 0.25) is 0 Å². The van der Waals surface area contributed by atoms with Gasteiger partial charge in [0.15, 0.2) is 6.10 Å². The summed E-state index contributed by atoms with van der Waals surface area (Å²) in [6, 6.07) is 3.68. The van der Waals surface area contributed by atoms with Gasteiger partial charge in [-0.3, -0.25) is 0 Å². The highest BCUT2D eigenvalue weighted by molar-refractivity contribution is 5.75. The zero-order chi connectivity index (χ0) is 12.3. The number of ether oxygens (including phenoxy) is 1. The van der Waals surface area contributed by atoms with Crippen LogP contribution >= 0.6 is 0 Å². The van der Waals surface area contributed by atoms with Gasteiger partial charge in [-0.25, -0.2) is 9.18 Å². The monoisotopic (exact) mass is 228 g/mol. The molecular formula is C11H13FO4. The van der Waals surface area contributed by atoms with Crippen LogP contribution in [0, 0.1) is 12.7 Å². The molecule has 2 atom stereocenters. The van der Waals surface area contributed by atoms with Gasteiger partial charge in [-0.1, -0.05) is 6.07 Å². The highest BCUT2D eigenvalue weighted by atomic mass is 19.1. The smallest absolute Gasteiger partial charge is 0.337 e. The van der Waals surface area contributed by atoms with Crippen LogP contribution < -0.4 is 0 Å². The van der Waals surface area contributed by atoms with E-state index in [9.17, 15) is 19.4 Å². The first-order valence-electron chi connectivity index (χ1n) is 4.67. The van der Waals surface area contributed by atoms with Crippen LogP contribution in [0.2, 0.25) is 0 Å². The molecule has 0 saturated carbocycles. The van der Waals surface area contributed by atoms with Crippen molar-refractivity contribution in [2.24, 2.45) is 0 Å². The Bertz CT molecular complexity index is 392. The SMILES string of the molecule is COC(=O)C(O)C(O)c1ccc(F)cc1C. The molecule has 5 heteroatoms. The summed E-state index contributed by atoms with van der Waals surface area (Å²) in [7, 11) is 1.11. The molecule has 0 heterocycles. The van der Waals surface area contributed by atoms with Crippen molar-refractivity contribution in [1.82, 2.24) is 0 Å². The highest BCUT2D eigenvalue weighted by Gasteiger charge is 2.27. The lowest BCUT2D eigenvalue weighted by Gasteiger charge is -2.17. The third-order valence-electron chi connectivity index (χ3n) is 2.29. The summed E-state index contributed by atoms with van der Waals surface area (Å²) < 4.78 is 17.1. The summed E-state index contributed by atoms with van der Waals surface area (Å²) in [5.41, 5.74) is 0.745. The largest absolute Gasteiger partial charge is 0.467 e. The van der Waals surface area contributed by atoms with E-state index >= 15 is 0 Å². The average Bonchev–Trinajstić information content (AvgIpc) is 2.26. The van der Waals surface area contributed by atoms with Gasteiger partial charge in [0.1, 0.15) is 11.9 Å². The first kappa shape index (κ1) is 12.6. The Morgan fingerprint density at radius 2 is 2.06 bits per heavy atom. The van der Waals surface area contributed by atoms with E-state index in [-0.39, 0.29) is 0 Å². The lowest BCUT2D eigenvalue weighted by atomic mass is 9.99. The second-order valence-electron chi connectivity index (χ2n) is 3.41. The van der Waals surface area contributed by atoms with E-state index in [1.54, 1.807) is 6.92 Å². The number of aliphatic hydroxyl groups excluding tert-OH is 2.